The number of pyridine rings is 1. The van der Waals surface area contributed by atoms with E-state index < -0.39 is 0 Å². The highest BCUT2D eigenvalue weighted by molar-refractivity contribution is 5.79. The third-order valence-corrected chi connectivity index (χ3v) is 4.58. The predicted octanol–water partition coefficient (Wildman–Crippen LogP) is 2.59. The summed E-state index contributed by atoms with van der Waals surface area (Å²) >= 11 is 0. The molecule has 2 aromatic heterocycles. The quantitative estimate of drug-likeness (QED) is 0.802. The van der Waals surface area contributed by atoms with Gasteiger partial charge in [0.2, 0.25) is 0 Å². The van der Waals surface area contributed by atoms with E-state index in [1.165, 1.54) is 18.4 Å². The highest BCUT2D eigenvalue weighted by Crippen LogP contribution is 2.32. The smallest absolute Gasteiger partial charge is 0.137 e. The second-order valence-electron chi connectivity index (χ2n) is 6.21. The van der Waals surface area contributed by atoms with Crippen molar-refractivity contribution in [3.63, 3.8) is 0 Å². The lowest BCUT2D eigenvalue weighted by Crippen LogP contribution is -2.51. The second-order valence-corrected chi connectivity index (χ2v) is 6.21. The standard InChI is InChI=1S/C16H23N3O/c1-12-4-2-6-16(8-12,11-20)19-10-13-9-18-15-14(13)5-3-7-17-15/h3,5,7,9,12,19-20H,2,4,6,8,10-11H2,1H3,(H,17,18). The minimum atomic E-state index is -0.108. The van der Waals surface area contributed by atoms with Crippen LogP contribution in [0.2, 0.25) is 0 Å². The molecule has 2 heterocycles. The number of H-pyrrole nitrogens is 1. The van der Waals surface area contributed by atoms with Gasteiger partial charge in [0.25, 0.3) is 0 Å². The molecule has 1 saturated carbocycles. The Morgan fingerprint density at radius 2 is 2.45 bits per heavy atom. The zero-order valence-corrected chi connectivity index (χ0v) is 12.0. The van der Waals surface area contributed by atoms with Crippen molar-refractivity contribution in [3.8, 4) is 0 Å². The summed E-state index contributed by atoms with van der Waals surface area (Å²) in [4.78, 5) is 7.52. The lowest BCUT2D eigenvalue weighted by Gasteiger charge is -2.39. The first-order valence-electron chi connectivity index (χ1n) is 7.49. The third-order valence-electron chi connectivity index (χ3n) is 4.58. The number of aromatic nitrogens is 2. The average molecular weight is 273 g/mol. The number of aliphatic hydroxyl groups is 1. The zero-order valence-electron chi connectivity index (χ0n) is 12.0. The van der Waals surface area contributed by atoms with Crippen LogP contribution >= 0.6 is 0 Å². The molecule has 3 rings (SSSR count). The largest absolute Gasteiger partial charge is 0.394 e. The number of hydrogen-bond donors (Lipinski definition) is 3. The van der Waals surface area contributed by atoms with Crippen LogP contribution in [0.1, 0.15) is 38.2 Å². The van der Waals surface area contributed by atoms with E-state index in [2.05, 4.69) is 28.3 Å². The van der Waals surface area contributed by atoms with E-state index in [9.17, 15) is 5.11 Å². The van der Waals surface area contributed by atoms with Gasteiger partial charge in [0.15, 0.2) is 0 Å². The fourth-order valence-electron chi connectivity index (χ4n) is 3.46. The van der Waals surface area contributed by atoms with E-state index in [1.807, 2.05) is 12.3 Å². The molecule has 1 aliphatic carbocycles. The number of rotatable bonds is 4. The monoisotopic (exact) mass is 273 g/mol. The molecule has 1 fully saturated rings. The van der Waals surface area contributed by atoms with Crippen LogP contribution < -0.4 is 5.32 Å². The molecule has 0 aliphatic heterocycles. The molecule has 0 bridgehead atoms. The van der Waals surface area contributed by atoms with E-state index in [4.69, 9.17) is 0 Å². The molecule has 0 saturated heterocycles. The van der Waals surface area contributed by atoms with Crippen LogP contribution in [0.5, 0.6) is 0 Å². The maximum absolute atomic E-state index is 9.82. The molecular weight excluding hydrogens is 250 g/mol. The van der Waals surface area contributed by atoms with Crippen LogP contribution in [0, 0.1) is 5.92 Å². The molecule has 2 aromatic rings. The van der Waals surface area contributed by atoms with Gasteiger partial charge < -0.3 is 15.4 Å². The number of aromatic amines is 1. The van der Waals surface area contributed by atoms with Crippen LogP contribution in [0.4, 0.5) is 0 Å². The van der Waals surface area contributed by atoms with Crippen molar-refractivity contribution in [3.05, 3.63) is 30.1 Å². The highest BCUT2D eigenvalue weighted by atomic mass is 16.3. The normalized spacial score (nSPS) is 27.0. The Morgan fingerprint density at radius 1 is 1.55 bits per heavy atom. The van der Waals surface area contributed by atoms with Gasteiger partial charge in [-0.25, -0.2) is 4.98 Å². The molecular formula is C16H23N3O. The maximum Gasteiger partial charge on any atom is 0.137 e. The van der Waals surface area contributed by atoms with Gasteiger partial charge in [-0.05, 0) is 36.5 Å². The van der Waals surface area contributed by atoms with Crippen molar-refractivity contribution in [2.24, 2.45) is 5.92 Å². The van der Waals surface area contributed by atoms with Gasteiger partial charge in [-0.2, -0.15) is 0 Å². The molecule has 3 N–H and O–H groups in total. The first-order valence-corrected chi connectivity index (χ1v) is 7.49. The first-order chi connectivity index (χ1) is 9.72. The molecule has 2 unspecified atom stereocenters. The van der Waals surface area contributed by atoms with Crippen molar-refractivity contribution in [2.45, 2.75) is 44.7 Å². The van der Waals surface area contributed by atoms with Gasteiger partial charge in [-0.15, -0.1) is 0 Å². The summed E-state index contributed by atoms with van der Waals surface area (Å²) in [5.74, 6) is 0.688. The summed E-state index contributed by atoms with van der Waals surface area (Å²) in [7, 11) is 0. The first kappa shape index (κ1) is 13.6. The summed E-state index contributed by atoms with van der Waals surface area (Å²) in [5.41, 5.74) is 2.04. The Labute approximate surface area is 119 Å². The lowest BCUT2D eigenvalue weighted by atomic mass is 9.77. The molecule has 4 heteroatoms. The van der Waals surface area contributed by atoms with Crippen molar-refractivity contribution in [2.75, 3.05) is 6.61 Å². The van der Waals surface area contributed by atoms with Crippen LogP contribution in [0.3, 0.4) is 0 Å². The summed E-state index contributed by atoms with van der Waals surface area (Å²) < 4.78 is 0. The van der Waals surface area contributed by atoms with Gasteiger partial charge >= 0.3 is 0 Å². The number of nitrogens with one attached hydrogen (secondary N) is 2. The van der Waals surface area contributed by atoms with Crippen LogP contribution in [-0.4, -0.2) is 27.2 Å². The Bertz CT molecular complexity index is 580. The summed E-state index contributed by atoms with van der Waals surface area (Å²) in [6, 6.07) is 4.05. The van der Waals surface area contributed by atoms with E-state index in [0.717, 1.165) is 30.4 Å². The average Bonchev–Trinajstić information content (AvgIpc) is 2.88. The fourth-order valence-corrected chi connectivity index (χ4v) is 3.46. The van der Waals surface area contributed by atoms with Gasteiger partial charge in [0, 0.05) is 29.9 Å². The fraction of sp³-hybridized carbons (Fsp3) is 0.562. The summed E-state index contributed by atoms with van der Waals surface area (Å²) in [6.07, 6.45) is 8.42. The molecule has 0 spiro atoms. The van der Waals surface area contributed by atoms with E-state index in [1.54, 1.807) is 6.20 Å². The Kier molecular flexibility index (Phi) is 3.76. The summed E-state index contributed by atoms with van der Waals surface area (Å²) in [6.45, 7) is 3.28. The van der Waals surface area contributed by atoms with E-state index in [0.29, 0.717) is 5.92 Å². The molecule has 0 amide bonds. The van der Waals surface area contributed by atoms with Crippen molar-refractivity contribution < 1.29 is 5.11 Å². The molecule has 2 atom stereocenters. The zero-order chi connectivity index (χ0) is 14.0. The molecule has 108 valence electrons. The number of fused-ring (bicyclic) bond motifs is 1. The second kappa shape index (κ2) is 5.54. The minimum absolute atomic E-state index is 0.108. The molecule has 0 aromatic carbocycles. The van der Waals surface area contributed by atoms with E-state index in [-0.39, 0.29) is 12.1 Å². The molecule has 1 aliphatic rings. The van der Waals surface area contributed by atoms with Crippen LogP contribution in [0.15, 0.2) is 24.5 Å². The minimum Gasteiger partial charge on any atom is -0.394 e. The Hall–Kier alpha value is -1.39. The van der Waals surface area contributed by atoms with Crippen LogP contribution in [-0.2, 0) is 6.54 Å². The van der Waals surface area contributed by atoms with Crippen molar-refractivity contribution in [1.82, 2.24) is 15.3 Å². The molecule has 20 heavy (non-hydrogen) atoms. The number of aliphatic hydroxyl groups excluding tert-OH is 1. The third kappa shape index (κ3) is 2.58. The number of hydrogen-bond acceptors (Lipinski definition) is 3. The topological polar surface area (TPSA) is 60.9 Å². The molecule has 4 nitrogen and oxygen atoms in total. The van der Waals surface area contributed by atoms with E-state index >= 15 is 0 Å². The van der Waals surface area contributed by atoms with Gasteiger partial charge in [-0.1, -0.05) is 19.8 Å². The molecule has 0 radical (unpaired) electrons. The maximum atomic E-state index is 9.82. The lowest BCUT2D eigenvalue weighted by molar-refractivity contribution is 0.0983. The predicted molar refractivity (Wildman–Crippen MR) is 80.4 cm³/mol. The Balaban J connectivity index is 1.74. The SMILES string of the molecule is CC1CCCC(CO)(NCc2c[nH]c3ncccc23)C1. The summed E-state index contributed by atoms with van der Waals surface area (Å²) in [5, 5.41) is 14.6. The van der Waals surface area contributed by atoms with Crippen molar-refractivity contribution >= 4 is 11.0 Å². The van der Waals surface area contributed by atoms with Gasteiger partial charge in [-0.3, -0.25) is 0 Å². The van der Waals surface area contributed by atoms with Gasteiger partial charge in [0.1, 0.15) is 5.65 Å². The van der Waals surface area contributed by atoms with Crippen LogP contribution in [0.25, 0.3) is 11.0 Å². The van der Waals surface area contributed by atoms with Crippen molar-refractivity contribution in [1.29, 1.82) is 0 Å². The van der Waals surface area contributed by atoms with Gasteiger partial charge in [0.05, 0.1) is 6.61 Å². The Morgan fingerprint density at radius 3 is 3.25 bits per heavy atom. The highest BCUT2D eigenvalue weighted by Gasteiger charge is 2.33. The number of nitrogens with zero attached hydrogens (tertiary/aromatic N) is 1.